The van der Waals surface area contributed by atoms with Gasteiger partial charge in [-0.15, -0.1) is 0 Å². The summed E-state index contributed by atoms with van der Waals surface area (Å²) in [6, 6.07) is 3.91. The molecule has 0 radical (unpaired) electrons. The summed E-state index contributed by atoms with van der Waals surface area (Å²) in [6.07, 6.45) is 5.41. The highest BCUT2D eigenvalue weighted by Crippen LogP contribution is 2.27. The first-order chi connectivity index (χ1) is 9.51. The van der Waals surface area contributed by atoms with Crippen LogP contribution in [0, 0.1) is 5.92 Å². The van der Waals surface area contributed by atoms with E-state index in [1.165, 1.54) is 12.8 Å². The zero-order chi connectivity index (χ0) is 14.7. The van der Waals surface area contributed by atoms with E-state index in [2.05, 4.69) is 11.9 Å². The number of nitrogens with zero attached hydrogens (tertiary/aromatic N) is 2. The predicted molar refractivity (Wildman–Crippen MR) is 81.5 cm³/mol. The molecule has 0 aliphatic heterocycles. The molecule has 0 unspecified atom stereocenters. The minimum atomic E-state index is 0.0633. The lowest BCUT2D eigenvalue weighted by Crippen LogP contribution is -2.39. The second-order valence-electron chi connectivity index (χ2n) is 5.96. The van der Waals surface area contributed by atoms with Gasteiger partial charge in [0.1, 0.15) is 5.82 Å². The summed E-state index contributed by atoms with van der Waals surface area (Å²) >= 11 is 0. The molecule has 20 heavy (non-hydrogen) atoms. The molecule has 1 amide bonds. The Hall–Kier alpha value is -1.58. The van der Waals surface area contributed by atoms with Gasteiger partial charge < -0.3 is 10.6 Å². The van der Waals surface area contributed by atoms with Crippen LogP contribution in [-0.2, 0) is 6.42 Å². The van der Waals surface area contributed by atoms with Gasteiger partial charge in [0, 0.05) is 24.3 Å². The summed E-state index contributed by atoms with van der Waals surface area (Å²) in [5.74, 6) is 1.28. The molecule has 0 bridgehead atoms. The second kappa shape index (κ2) is 6.25. The molecule has 1 aliphatic carbocycles. The number of nitrogens with two attached hydrogens (primary N) is 1. The first kappa shape index (κ1) is 14.8. The maximum Gasteiger partial charge on any atom is 0.254 e. The minimum absolute atomic E-state index is 0.0633. The third-order valence-corrected chi connectivity index (χ3v) is 4.36. The molecule has 0 atom stereocenters. The number of hydrogen-bond acceptors (Lipinski definition) is 3. The fraction of sp³-hybridized carbons (Fsp3) is 0.625. The fourth-order valence-corrected chi connectivity index (χ4v) is 2.91. The summed E-state index contributed by atoms with van der Waals surface area (Å²) in [5.41, 5.74) is 7.32. The summed E-state index contributed by atoms with van der Waals surface area (Å²) < 4.78 is 0. The maximum atomic E-state index is 12.6. The van der Waals surface area contributed by atoms with Crippen LogP contribution in [0.4, 0.5) is 5.82 Å². The molecule has 1 saturated carbocycles. The Labute approximate surface area is 121 Å². The molecular formula is C16H25N3O. The fourth-order valence-electron chi connectivity index (χ4n) is 2.91. The lowest BCUT2D eigenvalue weighted by atomic mass is 9.86. The molecule has 1 aromatic rings. The van der Waals surface area contributed by atoms with E-state index in [-0.39, 0.29) is 5.91 Å². The van der Waals surface area contributed by atoms with E-state index in [1.54, 1.807) is 6.07 Å². The molecule has 2 N–H and O–H groups in total. The van der Waals surface area contributed by atoms with Gasteiger partial charge in [-0.3, -0.25) is 4.79 Å². The molecule has 0 spiro atoms. The Morgan fingerprint density at radius 2 is 2.00 bits per heavy atom. The Morgan fingerprint density at radius 1 is 1.35 bits per heavy atom. The van der Waals surface area contributed by atoms with Crippen LogP contribution in [0.5, 0.6) is 0 Å². The van der Waals surface area contributed by atoms with E-state index in [0.29, 0.717) is 17.4 Å². The van der Waals surface area contributed by atoms with E-state index < -0.39 is 0 Å². The van der Waals surface area contributed by atoms with Gasteiger partial charge in [0.05, 0.1) is 0 Å². The lowest BCUT2D eigenvalue weighted by molar-refractivity contribution is 0.0679. The van der Waals surface area contributed by atoms with Crippen molar-refractivity contribution in [3.8, 4) is 0 Å². The zero-order valence-electron chi connectivity index (χ0n) is 12.7. The van der Waals surface area contributed by atoms with Crippen LogP contribution in [0.25, 0.3) is 0 Å². The van der Waals surface area contributed by atoms with E-state index in [9.17, 15) is 4.79 Å². The van der Waals surface area contributed by atoms with Gasteiger partial charge >= 0.3 is 0 Å². The molecule has 1 aliphatic rings. The summed E-state index contributed by atoms with van der Waals surface area (Å²) in [5, 5.41) is 0. The molecule has 1 fully saturated rings. The average molecular weight is 275 g/mol. The maximum absolute atomic E-state index is 12.6. The largest absolute Gasteiger partial charge is 0.384 e. The Balaban J connectivity index is 2.12. The highest BCUT2D eigenvalue weighted by molar-refractivity contribution is 5.95. The summed E-state index contributed by atoms with van der Waals surface area (Å²) in [7, 11) is 1.91. The van der Waals surface area contributed by atoms with Crippen molar-refractivity contribution in [3.63, 3.8) is 0 Å². The van der Waals surface area contributed by atoms with Crippen LogP contribution in [0.1, 0.15) is 55.6 Å². The third kappa shape index (κ3) is 3.30. The molecule has 4 nitrogen and oxygen atoms in total. The smallest absolute Gasteiger partial charge is 0.254 e. The third-order valence-electron chi connectivity index (χ3n) is 4.36. The normalized spacial score (nSPS) is 22.6. The summed E-state index contributed by atoms with van der Waals surface area (Å²) in [4.78, 5) is 18.7. The number of hydrogen-bond donors (Lipinski definition) is 1. The first-order valence-electron chi connectivity index (χ1n) is 7.54. The molecule has 2 rings (SSSR count). The van der Waals surface area contributed by atoms with Crippen LogP contribution < -0.4 is 5.73 Å². The molecule has 110 valence electrons. The van der Waals surface area contributed by atoms with Crippen LogP contribution >= 0.6 is 0 Å². The van der Waals surface area contributed by atoms with Crippen molar-refractivity contribution in [3.05, 3.63) is 23.4 Å². The van der Waals surface area contributed by atoms with E-state index >= 15 is 0 Å². The van der Waals surface area contributed by atoms with Crippen LogP contribution in [0.15, 0.2) is 12.1 Å². The second-order valence-corrected chi connectivity index (χ2v) is 5.96. The van der Waals surface area contributed by atoms with E-state index in [1.807, 2.05) is 24.9 Å². The molecular weight excluding hydrogens is 250 g/mol. The SMILES string of the molecule is CCc1cc(C(=O)N(C)C2CCC(C)CC2)cc(N)n1. The van der Waals surface area contributed by atoms with Gasteiger partial charge in [0.2, 0.25) is 0 Å². The van der Waals surface area contributed by atoms with Crippen molar-refractivity contribution >= 4 is 11.7 Å². The van der Waals surface area contributed by atoms with Crippen molar-refractivity contribution in [1.29, 1.82) is 0 Å². The Morgan fingerprint density at radius 3 is 2.60 bits per heavy atom. The van der Waals surface area contributed by atoms with Crippen LogP contribution in [0.3, 0.4) is 0 Å². The topological polar surface area (TPSA) is 59.2 Å². The summed E-state index contributed by atoms with van der Waals surface area (Å²) in [6.45, 7) is 4.30. The number of amides is 1. The average Bonchev–Trinajstić information content (AvgIpc) is 2.45. The zero-order valence-corrected chi connectivity index (χ0v) is 12.7. The van der Waals surface area contributed by atoms with Crippen molar-refractivity contribution < 1.29 is 4.79 Å². The first-order valence-corrected chi connectivity index (χ1v) is 7.54. The van der Waals surface area contributed by atoms with Crippen molar-refractivity contribution in [2.75, 3.05) is 12.8 Å². The Kier molecular flexibility index (Phi) is 4.63. The highest BCUT2D eigenvalue weighted by Gasteiger charge is 2.25. The molecule has 1 heterocycles. The van der Waals surface area contributed by atoms with Gasteiger partial charge in [0.15, 0.2) is 0 Å². The van der Waals surface area contributed by atoms with E-state index in [0.717, 1.165) is 30.9 Å². The molecule has 0 saturated heterocycles. The van der Waals surface area contributed by atoms with Gasteiger partial charge in [0.25, 0.3) is 5.91 Å². The van der Waals surface area contributed by atoms with Gasteiger partial charge in [-0.25, -0.2) is 4.98 Å². The number of aromatic nitrogens is 1. The van der Waals surface area contributed by atoms with Crippen molar-refractivity contribution in [1.82, 2.24) is 9.88 Å². The van der Waals surface area contributed by atoms with Gasteiger partial charge in [-0.1, -0.05) is 13.8 Å². The molecule has 4 heteroatoms. The highest BCUT2D eigenvalue weighted by atomic mass is 16.2. The quantitative estimate of drug-likeness (QED) is 0.922. The van der Waals surface area contributed by atoms with Crippen LogP contribution in [0.2, 0.25) is 0 Å². The van der Waals surface area contributed by atoms with Gasteiger partial charge in [-0.05, 0) is 50.2 Å². The van der Waals surface area contributed by atoms with Crippen molar-refractivity contribution in [2.45, 2.75) is 52.0 Å². The number of nitrogen functional groups attached to an aromatic ring is 1. The monoisotopic (exact) mass is 275 g/mol. The number of aryl methyl sites for hydroxylation is 1. The van der Waals surface area contributed by atoms with Gasteiger partial charge in [-0.2, -0.15) is 0 Å². The van der Waals surface area contributed by atoms with E-state index in [4.69, 9.17) is 5.73 Å². The Bertz CT molecular complexity index is 479. The number of anilines is 1. The minimum Gasteiger partial charge on any atom is -0.384 e. The lowest BCUT2D eigenvalue weighted by Gasteiger charge is -2.33. The van der Waals surface area contributed by atoms with Crippen LogP contribution in [-0.4, -0.2) is 28.9 Å². The molecule has 1 aromatic heterocycles. The molecule has 0 aromatic carbocycles. The predicted octanol–water partition coefficient (Wildman–Crippen LogP) is 2.88. The number of rotatable bonds is 3. The van der Waals surface area contributed by atoms with Crippen molar-refractivity contribution in [2.24, 2.45) is 5.92 Å². The number of carbonyl (C=O) groups excluding carboxylic acids is 1. The standard InChI is InChI=1S/C16H25N3O/c1-4-13-9-12(10-15(17)18-13)16(20)19(3)14-7-5-11(2)6-8-14/h9-11,14H,4-8H2,1-3H3,(H2,17,18). The number of pyridine rings is 1. The number of carbonyl (C=O) groups is 1.